The van der Waals surface area contributed by atoms with Gasteiger partial charge in [-0.3, -0.25) is 0 Å². The van der Waals surface area contributed by atoms with E-state index in [2.05, 4.69) is 36.5 Å². The lowest BCUT2D eigenvalue weighted by molar-refractivity contribution is 0.455. The van der Waals surface area contributed by atoms with Gasteiger partial charge in [0.05, 0.1) is 6.07 Å². The third-order valence-electron chi connectivity index (χ3n) is 3.90. The van der Waals surface area contributed by atoms with E-state index in [1.54, 1.807) is 0 Å². The van der Waals surface area contributed by atoms with Crippen LogP contribution < -0.4 is 5.32 Å². The Morgan fingerprint density at radius 2 is 2.16 bits per heavy atom. The molecule has 3 heteroatoms. The fourth-order valence-electron chi connectivity index (χ4n) is 2.67. The van der Waals surface area contributed by atoms with Gasteiger partial charge in [0.25, 0.3) is 0 Å². The fourth-order valence-corrected chi connectivity index (χ4v) is 3.91. The van der Waals surface area contributed by atoms with E-state index in [-0.39, 0.29) is 0 Å². The van der Waals surface area contributed by atoms with Crippen LogP contribution in [0.5, 0.6) is 0 Å². The van der Waals surface area contributed by atoms with E-state index < -0.39 is 5.54 Å². The lowest BCUT2D eigenvalue weighted by Crippen LogP contribution is -2.40. The predicted molar refractivity (Wildman–Crippen MR) is 81.5 cm³/mol. The monoisotopic (exact) mass is 274 g/mol. The summed E-state index contributed by atoms with van der Waals surface area (Å²) < 4.78 is 0. The number of fused-ring (bicyclic) bond motifs is 1. The highest BCUT2D eigenvalue weighted by atomic mass is 32.2. The van der Waals surface area contributed by atoms with Crippen LogP contribution in [0.25, 0.3) is 0 Å². The number of hydrogen-bond donors (Lipinski definition) is 1. The normalized spacial score (nSPS) is 18.4. The molecule has 0 aromatic heterocycles. The molecule has 0 saturated heterocycles. The summed E-state index contributed by atoms with van der Waals surface area (Å²) in [5, 5.41) is 12.7. The number of nitriles is 1. The van der Waals surface area contributed by atoms with Crippen LogP contribution >= 0.6 is 11.8 Å². The number of thioether (sulfide) groups is 1. The van der Waals surface area contributed by atoms with Crippen molar-refractivity contribution in [3.63, 3.8) is 0 Å². The van der Waals surface area contributed by atoms with E-state index in [0.717, 1.165) is 6.42 Å². The second-order valence-corrected chi connectivity index (χ2v) is 7.12. The zero-order chi connectivity index (χ0) is 13.9. The highest BCUT2D eigenvalue weighted by molar-refractivity contribution is 7.99. The number of hydrogen-bond acceptors (Lipinski definition) is 3. The van der Waals surface area contributed by atoms with Crippen LogP contribution in [-0.2, 0) is 12.8 Å². The Hall–Kier alpha value is -0.980. The van der Waals surface area contributed by atoms with E-state index in [1.165, 1.54) is 35.3 Å². The molecule has 0 heterocycles. The van der Waals surface area contributed by atoms with E-state index in [0.29, 0.717) is 5.25 Å². The molecule has 0 radical (unpaired) electrons. The van der Waals surface area contributed by atoms with Crippen molar-refractivity contribution in [3.05, 3.63) is 29.3 Å². The summed E-state index contributed by atoms with van der Waals surface area (Å²) in [5.74, 6) is 0. The Bertz CT molecular complexity index is 492. The van der Waals surface area contributed by atoms with Crippen LogP contribution in [0, 0.1) is 11.3 Å². The lowest BCUT2D eigenvalue weighted by atomic mass is 9.98. The molecule has 1 aromatic carbocycles. The number of aryl methyl sites for hydroxylation is 2. The van der Waals surface area contributed by atoms with Gasteiger partial charge in [-0.05, 0) is 62.9 Å². The first-order valence-electron chi connectivity index (χ1n) is 6.95. The summed E-state index contributed by atoms with van der Waals surface area (Å²) in [6.07, 6.45) is 4.61. The zero-order valence-corrected chi connectivity index (χ0v) is 12.8. The average molecular weight is 274 g/mol. The SMILES string of the molecule is CNC(C)(C#N)CC(C)Sc1ccc2c(c1)CCC2. The van der Waals surface area contributed by atoms with Gasteiger partial charge in [0.1, 0.15) is 5.54 Å². The van der Waals surface area contributed by atoms with Gasteiger partial charge in [-0.25, -0.2) is 0 Å². The molecule has 0 fully saturated rings. The Balaban J connectivity index is 2.00. The Kier molecular flexibility index (Phi) is 4.54. The van der Waals surface area contributed by atoms with Crippen LogP contribution in [0.2, 0.25) is 0 Å². The minimum Gasteiger partial charge on any atom is -0.303 e. The molecule has 0 aliphatic heterocycles. The van der Waals surface area contributed by atoms with Crippen molar-refractivity contribution < 1.29 is 0 Å². The van der Waals surface area contributed by atoms with Gasteiger partial charge in [-0.15, -0.1) is 11.8 Å². The number of rotatable bonds is 5. The fraction of sp³-hybridized carbons (Fsp3) is 0.562. The van der Waals surface area contributed by atoms with Crippen LogP contribution in [0.4, 0.5) is 0 Å². The van der Waals surface area contributed by atoms with Crippen molar-refractivity contribution in [2.75, 3.05) is 7.05 Å². The largest absolute Gasteiger partial charge is 0.303 e. The maximum atomic E-state index is 9.21. The van der Waals surface area contributed by atoms with Crippen LogP contribution in [-0.4, -0.2) is 17.8 Å². The molecule has 2 unspecified atom stereocenters. The summed E-state index contributed by atoms with van der Waals surface area (Å²) in [4.78, 5) is 1.34. The van der Waals surface area contributed by atoms with E-state index in [1.807, 2.05) is 25.7 Å². The van der Waals surface area contributed by atoms with E-state index in [4.69, 9.17) is 0 Å². The molecule has 1 aliphatic carbocycles. The second-order valence-electron chi connectivity index (χ2n) is 5.61. The summed E-state index contributed by atoms with van der Waals surface area (Å²) >= 11 is 1.88. The molecule has 1 aliphatic rings. The van der Waals surface area contributed by atoms with Crippen LogP contribution in [0.1, 0.15) is 37.8 Å². The molecule has 1 aromatic rings. The topological polar surface area (TPSA) is 35.8 Å². The molecule has 0 spiro atoms. The van der Waals surface area contributed by atoms with Crippen LogP contribution in [0.3, 0.4) is 0 Å². The first-order valence-corrected chi connectivity index (χ1v) is 7.83. The molecule has 0 bridgehead atoms. The minimum absolute atomic E-state index is 0.427. The van der Waals surface area contributed by atoms with Crippen molar-refractivity contribution in [3.8, 4) is 6.07 Å². The first-order chi connectivity index (χ1) is 9.06. The lowest BCUT2D eigenvalue weighted by Gasteiger charge is -2.24. The second kappa shape index (κ2) is 5.98. The van der Waals surface area contributed by atoms with Crippen LogP contribution in [0.15, 0.2) is 23.1 Å². The van der Waals surface area contributed by atoms with Crippen molar-refractivity contribution >= 4 is 11.8 Å². The van der Waals surface area contributed by atoms with Crippen molar-refractivity contribution in [1.29, 1.82) is 5.26 Å². The maximum Gasteiger partial charge on any atom is 0.104 e. The van der Waals surface area contributed by atoms with Crippen molar-refractivity contribution in [1.82, 2.24) is 5.32 Å². The summed E-state index contributed by atoms with van der Waals surface area (Å²) in [6.45, 7) is 4.16. The molecule has 19 heavy (non-hydrogen) atoms. The number of nitrogens with zero attached hydrogens (tertiary/aromatic N) is 1. The average Bonchev–Trinajstić information content (AvgIpc) is 2.85. The molecule has 2 nitrogen and oxygen atoms in total. The smallest absolute Gasteiger partial charge is 0.104 e. The Morgan fingerprint density at radius 1 is 1.42 bits per heavy atom. The molecular weight excluding hydrogens is 252 g/mol. The minimum atomic E-state index is -0.427. The number of benzene rings is 1. The molecule has 1 N–H and O–H groups in total. The van der Waals surface area contributed by atoms with Crippen molar-refractivity contribution in [2.45, 2.75) is 55.2 Å². The molecule has 2 rings (SSSR count). The van der Waals surface area contributed by atoms with Crippen molar-refractivity contribution in [2.24, 2.45) is 0 Å². The predicted octanol–water partition coefficient (Wildman–Crippen LogP) is 3.55. The van der Waals surface area contributed by atoms with Gasteiger partial charge in [-0.2, -0.15) is 5.26 Å². The third kappa shape index (κ3) is 3.52. The summed E-state index contributed by atoms with van der Waals surface area (Å²) in [5.41, 5.74) is 2.62. The van der Waals surface area contributed by atoms with Gasteiger partial charge in [-0.1, -0.05) is 13.0 Å². The highest BCUT2D eigenvalue weighted by Gasteiger charge is 2.24. The first kappa shape index (κ1) is 14.4. The summed E-state index contributed by atoms with van der Waals surface area (Å²) in [6, 6.07) is 9.21. The van der Waals surface area contributed by atoms with E-state index in [9.17, 15) is 5.26 Å². The molecule has 102 valence electrons. The molecule has 0 saturated carbocycles. The standard InChI is InChI=1S/C16H22N2S/c1-12(10-16(2,11-17)18-3)19-15-8-7-13-5-4-6-14(13)9-15/h7-9,12,18H,4-6,10H2,1-3H3. The number of nitrogens with one attached hydrogen (secondary N) is 1. The van der Waals surface area contributed by atoms with E-state index >= 15 is 0 Å². The van der Waals surface area contributed by atoms with Gasteiger partial charge in [0, 0.05) is 10.1 Å². The van der Waals surface area contributed by atoms with Gasteiger partial charge in [0.2, 0.25) is 0 Å². The van der Waals surface area contributed by atoms with Gasteiger partial charge in [0.15, 0.2) is 0 Å². The highest BCUT2D eigenvalue weighted by Crippen LogP contribution is 2.32. The maximum absolute atomic E-state index is 9.21. The molecule has 2 atom stereocenters. The molecule has 0 amide bonds. The quantitative estimate of drug-likeness (QED) is 0.834. The Morgan fingerprint density at radius 3 is 2.84 bits per heavy atom. The van der Waals surface area contributed by atoms with Gasteiger partial charge >= 0.3 is 0 Å². The Labute approximate surface area is 120 Å². The third-order valence-corrected chi connectivity index (χ3v) is 5.00. The van der Waals surface area contributed by atoms with Gasteiger partial charge < -0.3 is 5.32 Å². The summed E-state index contributed by atoms with van der Waals surface area (Å²) in [7, 11) is 1.86. The zero-order valence-electron chi connectivity index (χ0n) is 12.0. The molecular formula is C16H22N2S.